The lowest BCUT2D eigenvalue weighted by atomic mass is 10.0. The third kappa shape index (κ3) is 3.41. The van der Waals surface area contributed by atoms with Gasteiger partial charge in [0.25, 0.3) is 0 Å². The average Bonchev–Trinajstić information content (AvgIpc) is 2.39. The van der Waals surface area contributed by atoms with Crippen molar-refractivity contribution in [2.75, 3.05) is 0 Å². The van der Waals surface area contributed by atoms with Crippen molar-refractivity contribution in [2.45, 2.75) is 26.7 Å². The van der Waals surface area contributed by atoms with E-state index in [2.05, 4.69) is 24.1 Å². The van der Waals surface area contributed by atoms with E-state index in [1.54, 1.807) is 6.07 Å². The summed E-state index contributed by atoms with van der Waals surface area (Å²) in [6.45, 7) is 6.24. The molecule has 0 fully saturated rings. The maximum Gasteiger partial charge on any atom is 0.143 e. The molecule has 0 aromatic heterocycles. The monoisotopic (exact) mass is 254 g/mol. The SMILES string of the molecule is Cc1ccc(N=Nc2cc(C(C)C)ccc2O)cc1. The molecule has 2 aromatic rings. The minimum absolute atomic E-state index is 0.153. The molecule has 2 rings (SSSR count). The Labute approximate surface area is 113 Å². The van der Waals surface area contributed by atoms with Gasteiger partial charge in [0.2, 0.25) is 0 Å². The molecule has 0 heterocycles. The topological polar surface area (TPSA) is 45.0 Å². The quantitative estimate of drug-likeness (QED) is 0.748. The zero-order valence-electron chi connectivity index (χ0n) is 11.5. The van der Waals surface area contributed by atoms with E-state index in [4.69, 9.17) is 0 Å². The van der Waals surface area contributed by atoms with Crippen molar-refractivity contribution >= 4 is 11.4 Å². The van der Waals surface area contributed by atoms with E-state index in [0.717, 1.165) is 11.3 Å². The lowest BCUT2D eigenvalue weighted by molar-refractivity contribution is 0.476. The van der Waals surface area contributed by atoms with Crippen LogP contribution in [-0.2, 0) is 0 Å². The highest BCUT2D eigenvalue weighted by Crippen LogP contribution is 2.31. The van der Waals surface area contributed by atoms with Crippen LogP contribution in [0.1, 0.15) is 30.9 Å². The Balaban J connectivity index is 2.27. The molecule has 1 N–H and O–H groups in total. The van der Waals surface area contributed by atoms with Crippen molar-refractivity contribution in [1.82, 2.24) is 0 Å². The first-order chi connectivity index (χ1) is 9.06. The molecule has 98 valence electrons. The molecular weight excluding hydrogens is 236 g/mol. The summed E-state index contributed by atoms with van der Waals surface area (Å²) in [5.41, 5.74) is 3.60. The van der Waals surface area contributed by atoms with Crippen LogP contribution in [0.3, 0.4) is 0 Å². The Morgan fingerprint density at radius 1 is 0.947 bits per heavy atom. The summed E-state index contributed by atoms with van der Waals surface area (Å²) in [7, 11) is 0. The van der Waals surface area contributed by atoms with Gasteiger partial charge in [-0.1, -0.05) is 37.6 Å². The number of hydrogen-bond acceptors (Lipinski definition) is 3. The Hall–Kier alpha value is -2.16. The molecule has 19 heavy (non-hydrogen) atoms. The van der Waals surface area contributed by atoms with Crippen molar-refractivity contribution in [1.29, 1.82) is 0 Å². The van der Waals surface area contributed by atoms with Gasteiger partial charge >= 0.3 is 0 Å². The minimum Gasteiger partial charge on any atom is -0.506 e. The van der Waals surface area contributed by atoms with Gasteiger partial charge in [-0.05, 0) is 42.7 Å². The Kier molecular flexibility index (Phi) is 3.95. The van der Waals surface area contributed by atoms with Crippen molar-refractivity contribution < 1.29 is 5.11 Å². The summed E-state index contributed by atoms with van der Waals surface area (Å²) < 4.78 is 0. The zero-order valence-corrected chi connectivity index (χ0v) is 11.5. The molecule has 0 spiro atoms. The van der Waals surface area contributed by atoms with Gasteiger partial charge in [0, 0.05) is 0 Å². The minimum atomic E-state index is 0.153. The highest BCUT2D eigenvalue weighted by Gasteiger charge is 2.04. The molecule has 3 heteroatoms. The molecular formula is C16H18N2O. The van der Waals surface area contributed by atoms with Crippen molar-refractivity contribution in [3.63, 3.8) is 0 Å². The summed E-state index contributed by atoms with van der Waals surface area (Å²) in [5, 5.41) is 18.1. The van der Waals surface area contributed by atoms with Crippen LogP contribution in [0, 0.1) is 6.92 Å². The number of phenolic OH excluding ortho intramolecular Hbond substituents is 1. The first-order valence-corrected chi connectivity index (χ1v) is 6.37. The van der Waals surface area contributed by atoms with E-state index >= 15 is 0 Å². The predicted octanol–water partition coefficient (Wildman–Crippen LogP) is 5.24. The first kappa shape index (κ1) is 13.3. The zero-order chi connectivity index (χ0) is 13.8. The first-order valence-electron chi connectivity index (χ1n) is 6.37. The number of phenols is 1. The van der Waals surface area contributed by atoms with E-state index in [-0.39, 0.29) is 5.75 Å². The Morgan fingerprint density at radius 3 is 2.26 bits per heavy atom. The molecule has 0 amide bonds. The van der Waals surface area contributed by atoms with Crippen molar-refractivity contribution in [3.05, 3.63) is 53.6 Å². The highest BCUT2D eigenvalue weighted by atomic mass is 16.3. The summed E-state index contributed by atoms with van der Waals surface area (Å²) in [5.74, 6) is 0.550. The lowest BCUT2D eigenvalue weighted by Gasteiger charge is -2.06. The molecule has 0 atom stereocenters. The predicted molar refractivity (Wildman–Crippen MR) is 77.6 cm³/mol. The van der Waals surface area contributed by atoms with Crippen LogP contribution in [0.4, 0.5) is 11.4 Å². The molecule has 0 aliphatic heterocycles. The largest absolute Gasteiger partial charge is 0.506 e. The number of azo groups is 1. The smallest absolute Gasteiger partial charge is 0.143 e. The van der Waals surface area contributed by atoms with Gasteiger partial charge in [-0.25, -0.2) is 0 Å². The molecule has 0 aliphatic rings. The fourth-order valence-electron chi connectivity index (χ4n) is 1.70. The van der Waals surface area contributed by atoms with Crippen LogP contribution in [0.15, 0.2) is 52.7 Å². The fourth-order valence-corrected chi connectivity index (χ4v) is 1.70. The van der Waals surface area contributed by atoms with Crippen LogP contribution < -0.4 is 0 Å². The van der Waals surface area contributed by atoms with Gasteiger partial charge in [-0.15, -0.1) is 5.11 Å². The standard InChI is InChI=1S/C16H18N2O/c1-11(2)13-6-9-16(19)15(10-13)18-17-14-7-4-12(3)5-8-14/h4-11,19H,1-3H3. The number of benzene rings is 2. The van der Waals surface area contributed by atoms with E-state index in [1.165, 1.54) is 5.56 Å². The Bertz CT molecular complexity index is 586. The molecule has 0 radical (unpaired) electrons. The summed E-state index contributed by atoms with van der Waals surface area (Å²) >= 11 is 0. The third-order valence-electron chi connectivity index (χ3n) is 2.97. The van der Waals surface area contributed by atoms with Gasteiger partial charge in [0.05, 0.1) is 5.69 Å². The average molecular weight is 254 g/mol. The molecule has 0 saturated heterocycles. The maximum atomic E-state index is 9.79. The van der Waals surface area contributed by atoms with Crippen LogP contribution >= 0.6 is 0 Å². The molecule has 0 bridgehead atoms. The van der Waals surface area contributed by atoms with Crippen LogP contribution in [-0.4, -0.2) is 5.11 Å². The normalized spacial score (nSPS) is 11.4. The van der Waals surface area contributed by atoms with E-state index in [0.29, 0.717) is 11.6 Å². The van der Waals surface area contributed by atoms with Gasteiger partial charge in [0.1, 0.15) is 11.4 Å². The number of rotatable bonds is 3. The lowest BCUT2D eigenvalue weighted by Crippen LogP contribution is -1.85. The van der Waals surface area contributed by atoms with Crippen LogP contribution in [0.25, 0.3) is 0 Å². The Morgan fingerprint density at radius 2 is 1.63 bits per heavy atom. The van der Waals surface area contributed by atoms with E-state index in [9.17, 15) is 5.11 Å². The summed E-state index contributed by atoms with van der Waals surface area (Å²) in [6, 6.07) is 13.2. The molecule has 0 aliphatic carbocycles. The third-order valence-corrected chi connectivity index (χ3v) is 2.97. The summed E-state index contributed by atoms with van der Waals surface area (Å²) in [4.78, 5) is 0. The van der Waals surface area contributed by atoms with Gasteiger partial charge < -0.3 is 5.11 Å². The summed E-state index contributed by atoms with van der Waals surface area (Å²) in [6.07, 6.45) is 0. The number of nitrogens with zero attached hydrogens (tertiary/aromatic N) is 2. The second-order valence-corrected chi connectivity index (χ2v) is 4.94. The highest BCUT2D eigenvalue weighted by molar-refractivity contribution is 5.53. The molecule has 0 unspecified atom stereocenters. The maximum absolute atomic E-state index is 9.79. The second-order valence-electron chi connectivity index (χ2n) is 4.94. The second kappa shape index (κ2) is 5.65. The van der Waals surface area contributed by atoms with E-state index in [1.807, 2.05) is 43.3 Å². The molecule has 3 nitrogen and oxygen atoms in total. The molecule has 2 aromatic carbocycles. The van der Waals surface area contributed by atoms with Gasteiger partial charge in [-0.3, -0.25) is 0 Å². The van der Waals surface area contributed by atoms with Crippen molar-refractivity contribution in [2.24, 2.45) is 10.2 Å². The van der Waals surface area contributed by atoms with Crippen LogP contribution in [0.5, 0.6) is 5.75 Å². The van der Waals surface area contributed by atoms with E-state index < -0.39 is 0 Å². The van der Waals surface area contributed by atoms with Crippen LogP contribution in [0.2, 0.25) is 0 Å². The number of hydrogen-bond donors (Lipinski definition) is 1. The number of aryl methyl sites for hydroxylation is 1. The van der Waals surface area contributed by atoms with Gasteiger partial charge in [-0.2, -0.15) is 5.11 Å². The molecule has 0 saturated carbocycles. The van der Waals surface area contributed by atoms with Gasteiger partial charge in [0.15, 0.2) is 0 Å². The fraction of sp³-hybridized carbons (Fsp3) is 0.250. The van der Waals surface area contributed by atoms with Crippen molar-refractivity contribution in [3.8, 4) is 5.75 Å². The number of aromatic hydroxyl groups is 1.